The lowest BCUT2D eigenvalue weighted by Crippen LogP contribution is -1.90. The van der Waals surface area contributed by atoms with Gasteiger partial charge in [-0.2, -0.15) is 0 Å². The highest BCUT2D eigenvalue weighted by Crippen LogP contribution is 2.34. The van der Waals surface area contributed by atoms with Gasteiger partial charge in [0, 0.05) is 22.3 Å². The van der Waals surface area contributed by atoms with E-state index in [4.69, 9.17) is 4.98 Å². The average Bonchev–Trinajstić information content (AvgIpc) is 2.98. The number of aromatic nitrogens is 2. The molecule has 4 rings (SSSR count). The maximum atomic E-state index is 4.88. The number of fused-ring (bicyclic) bond motifs is 3. The molecule has 102 valence electrons. The molecule has 2 heterocycles. The lowest BCUT2D eigenvalue weighted by atomic mass is 9.98. The summed E-state index contributed by atoms with van der Waals surface area (Å²) in [7, 11) is 0. The van der Waals surface area contributed by atoms with Gasteiger partial charge in [0.2, 0.25) is 0 Å². The number of aryl methyl sites for hydroxylation is 5. The van der Waals surface area contributed by atoms with E-state index in [2.05, 4.69) is 43.5 Å². The Morgan fingerprint density at radius 1 is 1.10 bits per heavy atom. The summed E-state index contributed by atoms with van der Waals surface area (Å²) in [5.74, 6) is 0. The van der Waals surface area contributed by atoms with Gasteiger partial charge >= 0.3 is 0 Å². The van der Waals surface area contributed by atoms with E-state index in [1.54, 1.807) is 0 Å². The number of hydrogen-bond donors (Lipinski definition) is 0. The highest BCUT2D eigenvalue weighted by atomic mass is 32.1. The fourth-order valence-electron chi connectivity index (χ4n) is 3.51. The molecule has 0 amide bonds. The van der Waals surface area contributed by atoms with Crippen molar-refractivity contribution < 1.29 is 0 Å². The fraction of sp³-hybridized carbons (Fsp3) is 0.353. The van der Waals surface area contributed by atoms with Crippen molar-refractivity contribution in [1.82, 2.24) is 9.38 Å². The predicted molar refractivity (Wildman–Crippen MR) is 84.7 cm³/mol. The summed E-state index contributed by atoms with van der Waals surface area (Å²) < 4.78 is 2.32. The summed E-state index contributed by atoms with van der Waals surface area (Å²) in [5.41, 5.74) is 7.89. The van der Waals surface area contributed by atoms with Crippen LogP contribution in [0.3, 0.4) is 0 Å². The van der Waals surface area contributed by atoms with E-state index >= 15 is 0 Å². The van der Waals surface area contributed by atoms with Gasteiger partial charge in [-0.15, -0.1) is 11.3 Å². The quantitative estimate of drug-likeness (QED) is 0.643. The largest absolute Gasteiger partial charge is 0.294 e. The maximum Gasteiger partial charge on any atom is 0.194 e. The molecule has 0 saturated carbocycles. The summed E-state index contributed by atoms with van der Waals surface area (Å²) in [5, 5.41) is 0. The van der Waals surface area contributed by atoms with Crippen molar-refractivity contribution in [1.29, 1.82) is 0 Å². The topological polar surface area (TPSA) is 17.3 Å². The SMILES string of the molecule is Cc1cc(C)c(-c2cn3c4c(sc3n2)CCC4)c(C)c1. The van der Waals surface area contributed by atoms with E-state index in [1.807, 2.05) is 11.3 Å². The zero-order valence-electron chi connectivity index (χ0n) is 12.2. The molecule has 1 aromatic carbocycles. The van der Waals surface area contributed by atoms with E-state index in [0.29, 0.717) is 0 Å². The third-order valence-corrected chi connectivity index (χ3v) is 5.41. The van der Waals surface area contributed by atoms with Crippen molar-refractivity contribution in [3.8, 4) is 11.3 Å². The molecule has 2 nitrogen and oxygen atoms in total. The van der Waals surface area contributed by atoms with Gasteiger partial charge in [0.1, 0.15) is 0 Å². The minimum Gasteiger partial charge on any atom is -0.294 e. The van der Waals surface area contributed by atoms with Crippen LogP contribution < -0.4 is 0 Å². The van der Waals surface area contributed by atoms with Gasteiger partial charge in [-0.3, -0.25) is 4.40 Å². The molecule has 20 heavy (non-hydrogen) atoms. The van der Waals surface area contributed by atoms with Crippen molar-refractivity contribution in [2.45, 2.75) is 40.0 Å². The molecule has 3 heteroatoms. The van der Waals surface area contributed by atoms with Crippen molar-refractivity contribution in [3.05, 3.63) is 45.6 Å². The zero-order valence-corrected chi connectivity index (χ0v) is 13.0. The number of imidazole rings is 1. The second-order valence-electron chi connectivity index (χ2n) is 5.88. The molecule has 0 aliphatic heterocycles. The Morgan fingerprint density at radius 2 is 1.85 bits per heavy atom. The molecule has 0 saturated heterocycles. The van der Waals surface area contributed by atoms with Crippen LogP contribution in [0.15, 0.2) is 18.3 Å². The van der Waals surface area contributed by atoms with Gasteiger partial charge in [-0.05, 0) is 51.2 Å². The van der Waals surface area contributed by atoms with Gasteiger partial charge in [0.25, 0.3) is 0 Å². The van der Waals surface area contributed by atoms with Crippen LogP contribution in [0.5, 0.6) is 0 Å². The van der Waals surface area contributed by atoms with Crippen LogP contribution in [0.25, 0.3) is 16.2 Å². The summed E-state index contributed by atoms with van der Waals surface area (Å²) in [6.07, 6.45) is 5.98. The number of benzene rings is 1. The highest BCUT2D eigenvalue weighted by Gasteiger charge is 2.20. The molecule has 0 radical (unpaired) electrons. The van der Waals surface area contributed by atoms with Gasteiger partial charge in [-0.1, -0.05) is 17.7 Å². The predicted octanol–water partition coefficient (Wildman–Crippen LogP) is 4.48. The lowest BCUT2D eigenvalue weighted by molar-refractivity contribution is 0.888. The number of nitrogens with zero attached hydrogens (tertiary/aromatic N) is 2. The average molecular weight is 282 g/mol. The van der Waals surface area contributed by atoms with Gasteiger partial charge < -0.3 is 0 Å². The second-order valence-corrected chi connectivity index (χ2v) is 6.94. The molecular weight excluding hydrogens is 264 g/mol. The minimum atomic E-state index is 1.13. The van der Waals surface area contributed by atoms with E-state index in [1.165, 1.54) is 52.1 Å². The molecule has 0 N–H and O–H groups in total. The van der Waals surface area contributed by atoms with E-state index in [-0.39, 0.29) is 0 Å². The van der Waals surface area contributed by atoms with Gasteiger partial charge in [-0.25, -0.2) is 4.98 Å². The molecule has 1 aliphatic rings. The first-order valence-electron chi connectivity index (χ1n) is 7.21. The fourth-order valence-corrected chi connectivity index (χ4v) is 4.70. The van der Waals surface area contributed by atoms with Crippen LogP contribution in [0, 0.1) is 20.8 Å². The Kier molecular flexibility index (Phi) is 2.55. The monoisotopic (exact) mass is 282 g/mol. The Morgan fingerprint density at radius 3 is 2.60 bits per heavy atom. The smallest absolute Gasteiger partial charge is 0.194 e. The molecule has 0 spiro atoms. The highest BCUT2D eigenvalue weighted by molar-refractivity contribution is 7.17. The molecule has 1 aliphatic carbocycles. The Bertz CT molecular complexity index is 800. The van der Waals surface area contributed by atoms with Crippen LogP contribution in [0.4, 0.5) is 0 Å². The number of hydrogen-bond acceptors (Lipinski definition) is 2. The minimum absolute atomic E-state index is 1.13. The first kappa shape index (κ1) is 12.2. The van der Waals surface area contributed by atoms with Crippen LogP contribution in [-0.4, -0.2) is 9.38 Å². The summed E-state index contributed by atoms with van der Waals surface area (Å²) in [6, 6.07) is 4.50. The van der Waals surface area contributed by atoms with Crippen molar-refractivity contribution in [2.75, 3.05) is 0 Å². The third-order valence-electron chi connectivity index (χ3n) is 4.25. The van der Waals surface area contributed by atoms with Crippen LogP contribution in [-0.2, 0) is 12.8 Å². The van der Waals surface area contributed by atoms with Crippen LogP contribution in [0.2, 0.25) is 0 Å². The van der Waals surface area contributed by atoms with E-state index in [9.17, 15) is 0 Å². The standard InChI is InChI=1S/C17H18N2S/c1-10-7-11(2)16(12(3)8-10)13-9-19-14-5-4-6-15(14)20-17(19)18-13/h7-9H,4-6H2,1-3H3. The van der Waals surface area contributed by atoms with Crippen LogP contribution in [0.1, 0.15) is 33.7 Å². The second kappa shape index (κ2) is 4.19. The first-order valence-corrected chi connectivity index (χ1v) is 8.03. The molecular formula is C17H18N2S. The molecule has 0 unspecified atom stereocenters. The first-order chi connectivity index (χ1) is 9.63. The van der Waals surface area contributed by atoms with Crippen molar-refractivity contribution >= 4 is 16.3 Å². The molecule has 0 fully saturated rings. The molecule has 3 aromatic rings. The van der Waals surface area contributed by atoms with Crippen LogP contribution >= 0.6 is 11.3 Å². The molecule has 0 bridgehead atoms. The summed E-state index contributed by atoms with van der Waals surface area (Å²) in [4.78, 5) is 7.57. The molecule has 2 aromatic heterocycles. The number of rotatable bonds is 1. The van der Waals surface area contributed by atoms with Crippen molar-refractivity contribution in [2.24, 2.45) is 0 Å². The van der Waals surface area contributed by atoms with E-state index in [0.717, 1.165) is 10.7 Å². The Balaban J connectivity index is 1.93. The maximum absolute atomic E-state index is 4.88. The third kappa shape index (κ3) is 1.66. The van der Waals surface area contributed by atoms with E-state index < -0.39 is 0 Å². The normalized spacial score (nSPS) is 14.2. The van der Waals surface area contributed by atoms with Gasteiger partial charge in [0.15, 0.2) is 4.96 Å². The Hall–Kier alpha value is -1.61. The Labute approximate surface area is 123 Å². The summed E-state index contributed by atoms with van der Waals surface area (Å²) in [6.45, 7) is 6.53. The molecule has 0 atom stereocenters. The van der Waals surface area contributed by atoms with Gasteiger partial charge in [0.05, 0.1) is 5.69 Å². The van der Waals surface area contributed by atoms with Crippen molar-refractivity contribution in [3.63, 3.8) is 0 Å². The number of thiazole rings is 1. The zero-order chi connectivity index (χ0) is 13.9. The lowest BCUT2D eigenvalue weighted by Gasteiger charge is -2.08. The summed E-state index contributed by atoms with van der Waals surface area (Å²) >= 11 is 1.87.